The Hall–Kier alpha value is -2.54. The predicted octanol–water partition coefficient (Wildman–Crippen LogP) is 1.51. The van der Waals surface area contributed by atoms with E-state index in [1.54, 1.807) is 12.3 Å². The van der Waals surface area contributed by atoms with E-state index in [0.717, 1.165) is 36.5 Å². The van der Waals surface area contributed by atoms with Crippen molar-refractivity contribution >= 4 is 11.7 Å². The van der Waals surface area contributed by atoms with E-state index in [1.165, 1.54) is 6.33 Å². The van der Waals surface area contributed by atoms with Crippen molar-refractivity contribution < 1.29 is 9.90 Å². The zero-order valence-corrected chi connectivity index (χ0v) is 14.3. The van der Waals surface area contributed by atoms with Crippen molar-refractivity contribution in [2.75, 3.05) is 18.5 Å². The first-order valence-corrected chi connectivity index (χ1v) is 8.62. The number of aliphatic hydroxyl groups excluding tert-OH is 1. The number of aromatic nitrogens is 3. The van der Waals surface area contributed by atoms with Gasteiger partial charge in [-0.15, -0.1) is 0 Å². The Balaban J connectivity index is 1.53. The molecular weight excluding hydrogens is 318 g/mol. The van der Waals surface area contributed by atoms with Gasteiger partial charge in [-0.05, 0) is 31.4 Å². The average molecular weight is 341 g/mol. The number of aryl methyl sites for hydroxylation is 1. The Labute approximate surface area is 146 Å². The molecule has 0 atom stereocenters. The van der Waals surface area contributed by atoms with Crippen LogP contribution in [-0.2, 0) is 6.42 Å². The van der Waals surface area contributed by atoms with Crippen molar-refractivity contribution in [2.45, 2.75) is 38.1 Å². The van der Waals surface area contributed by atoms with Crippen LogP contribution in [0.15, 0.2) is 30.7 Å². The van der Waals surface area contributed by atoms with Gasteiger partial charge in [0.15, 0.2) is 0 Å². The fourth-order valence-corrected chi connectivity index (χ4v) is 2.93. The summed E-state index contributed by atoms with van der Waals surface area (Å²) in [5.74, 6) is 0.996. The molecule has 7 heteroatoms. The molecule has 1 aliphatic rings. The van der Waals surface area contributed by atoms with Crippen molar-refractivity contribution in [2.24, 2.45) is 0 Å². The van der Waals surface area contributed by atoms with Gasteiger partial charge >= 0.3 is 0 Å². The van der Waals surface area contributed by atoms with Crippen LogP contribution >= 0.6 is 0 Å². The van der Waals surface area contributed by atoms with Crippen molar-refractivity contribution in [3.8, 4) is 0 Å². The van der Waals surface area contributed by atoms with Crippen molar-refractivity contribution in [1.29, 1.82) is 0 Å². The highest BCUT2D eigenvalue weighted by molar-refractivity contribution is 5.94. The summed E-state index contributed by atoms with van der Waals surface area (Å²) in [5, 5.41) is 15.0. The number of hydrogen-bond donors (Lipinski definition) is 3. The third kappa shape index (κ3) is 4.30. The predicted molar refractivity (Wildman–Crippen MR) is 94.5 cm³/mol. The zero-order valence-electron chi connectivity index (χ0n) is 14.3. The Morgan fingerprint density at radius 2 is 2.12 bits per heavy atom. The molecule has 0 radical (unpaired) electrons. The summed E-state index contributed by atoms with van der Waals surface area (Å²) in [6.45, 7) is 2.54. The normalized spacial score (nSPS) is 19.1. The molecule has 132 valence electrons. The average Bonchev–Trinajstić information content (AvgIpc) is 2.62. The maximum atomic E-state index is 12.3. The second-order valence-electron chi connectivity index (χ2n) is 6.21. The molecule has 3 rings (SSSR count). The van der Waals surface area contributed by atoms with Crippen LogP contribution in [-0.4, -0.2) is 45.2 Å². The SMILES string of the molecule is CCc1cc(C(=O)NC2CC(c3cc(NCCO)ncn3)C2)ccn1. The Morgan fingerprint density at radius 3 is 2.88 bits per heavy atom. The highest BCUT2D eigenvalue weighted by Crippen LogP contribution is 2.36. The van der Waals surface area contributed by atoms with Crippen LogP contribution in [0.3, 0.4) is 0 Å². The summed E-state index contributed by atoms with van der Waals surface area (Å²) in [7, 11) is 0. The summed E-state index contributed by atoms with van der Waals surface area (Å²) < 4.78 is 0. The molecule has 0 aromatic carbocycles. The van der Waals surface area contributed by atoms with Gasteiger partial charge in [-0.1, -0.05) is 6.92 Å². The van der Waals surface area contributed by atoms with Crippen LogP contribution in [0.1, 0.15) is 47.4 Å². The largest absolute Gasteiger partial charge is 0.395 e. The molecule has 1 aliphatic carbocycles. The van der Waals surface area contributed by atoms with Gasteiger partial charge in [0.25, 0.3) is 5.91 Å². The first kappa shape index (κ1) is 17.3. The fraction of sp³-hybridized carbons (Fsp3) is 0.444. The molecule has 0 saturated heterocycles. The molecule has 1 saturated carbocycles. The third-order valence-corrected chi connectivity index (χ3v) is 4.44. The lowest BCUT2D eigenvalue weighted by atomic mass is 9.78. The molecule has 2 heterocycles. The van der Waals surface area contributed by atoms with E-state index in [9.17, 15) is 4.79 Å². The highest BCUT2D eigenvalue weighted by Gasteiger charge is 2.32. The van der Waals surface area contributed by atoms with E-state index in [1.807, 2.05) is 19.1 Å². The number of rotatable bonds is 7. The minimum Gasteiger partial charge on any atom is -0.395 e. The molecule has 2 aromatic heterocycles. The van der Waals surface area contributed by atoms with Crippen molar-refractivity contribution in [3.05, 3.63) is 47.7 Å². The van der Waals surface area contributed by atoms with Gasteiger partial charge in [0.1, 0.15) is 12.1 Å². The van der Waals surface area contributed by atoms with Gasteiger partial charge in [0.05, 0.1) is 6.61 Å². The minimum atomic E-state index is -0.0476. The van der Waals surface area contributed by atoms with E-state index < -0.39 is 0 Å². The van der Waals surface area contributed by atoms with Crippen molar-refractivity contribution in [1.82, 2.24) is 20.3 Å². The Kier molecular flexibility index (Phi) is 5.55. The minimum absolute atomic E-state index is 0.0476. The third-order valence-electron chi connectivity index (χ3n) is 4.44. The first-order valence-electron chi connectivity index (χ1n) is 8.62. The number of aliphatic hydroxyl groups is 1. The van der Waals surface area contributed by atoms with Gasteiger partial charge in [-0.3, -0.25) is 9.78 Å². The smallest absolute Gasteiger partial charge is 0.251 e. The van der Waals surface area contributed by atoms with Gasteiger partial charge in [-0.25, -0.2) is 9.97 Å². The van der Waals surface area contributed by atoms with Crippen LogP contribution in [0.4, 0.5) is 5.82 Å². The molecule has 25 heavy (non-hydrogen) atoms. The summed E-state index contributed by atoms with van der Waals surface area (Å²) in [6.07, 6.45) is 5.76. The monoisotopic (exact) mass is 341 g/mol. The lowest BCUT2D eigenvalue weighted by molar-refractivity contribution is 0.0908. The number of nitrogens with zero attached hydrogens (tertiary/aromatic N) is 3. The number of nitrogens with one attached hydrogen (secondary N) is 2. The molecule has 1 amide bonds. The van der Waals surface area contributed by atoms with Gasteiger partial charge in [0.2, 0.25) is 0 Å². The van der Waals surface area contributed by atoms with E-state index in [2.05, 4.69) is 25.6 Å². The molecule has 3 N–H and O–H groups in total. The summed E-state index contributed by atoms with van der Waals surface area (Å²) >= 11 is 0. The molecule has 0 aliphatic heterocycles. The lowest BCUT2D eigenvalue weighted by Crippen LogP contribution is -2.43. The maximum Gasteiger partial charge on any atom is 0.251 e. The van der Waals surface area contributed by atoms with E-state index in [-0.39, 0.29) is 18.6 Å². The zero-order chi connectivity index (χ0) is 17.6. The van der Waals surface area contributed by atoms with Crippen LogP contribution in [0, 0.1) is 0 Å². The van der Waals surface area contributed by atoms with Gasteiger partial charge in [0, 0.05) is 47.7 Å². The number of anilines is 1. The Bertz CT molecular complexity index is 731. The molecule has 0 bridgehead atoms. The van der Waals surface area contributed by atoms with E-state index in [0.29, 0.717) is 18.0 Å². The van der Waals surface area contributed by atoms with Crippen LogP contribution in [0.25, 0.3) is 0 Å². The number of carbonyl (C=O) groups excluding carboxylic acids is 1. The maximum absolute atomic E-state index is 12.3. The molecular formula is C18H23N5O2. The molecule has 7 nitrogen and oxygen atoms in total. The fourth-order valence-electron chi connectivity index (χ4n) is 2.93. The highest BCUT2D eigenvalue weighted by atomic mass is 16.3. The molecule has 1 fully saturated rings. The van der Waals surface area contributed by atoms with E-state index >= 15 is 0 Å². The molecule has 2 aromatic rings. The quantitative estimate of drug-likeness (QED) is 0.706. The molecule has 0 unspecified atom stereocenters. The van der Waals surface area contributed by atoms with Crippen LogP contribution in [0.2, 0.25) is 0 Å². The second-order valence-corrected chi connectivity index (χ2v) is 6.21. The summed E-state index contributed by atoms with van der Waals surface area (Å²) in [5.41, 5.74) is 2.55. The molecule has 0 spiro atoms. The van der Waals surface area contributed by atoms with Crippen LogP contribution < -0.4 is 10.6 Å². The number of carbonyl (C=O) groups is 1. The summed E-state index contributed by atoms with van der Waals surface area (Å²) in [6, 6.07) is 5.66. The Morgan fingerprint density at radius 1 is 1.28 bits per heavy atom. The lowest BCUT2D eigenvalue weighted by Gasteiger charge is -2.35. The number of amides is 1. The van der Waals surface area contributed by atoms with Crippen molar-refractivity contribution in [3.63, 3.8) is 0 Å². The van der Waals surface area contributed by atoms with Gasteiger partial charge < -0.3 is 15.7 Å². The number of pyridine rings is 1. The topological polar surface area (TPSA) is 100 Å². The van der Waals surface area contributed by atoms with Gasteiger partial charge in [-0.2, -0.15) is 0 Å². The summed E-state index contributed by atoms with van der Waals surface area (Å²) in [4.78, 5) is 25.0. The van der Waals surface area contributed by atoms with Crippen LogP contribution in [0.5, 0.6) is 0 Å². The standard InChI is InChI=1S/C18H23N5O2/c1-2-14-7-12(3-4-19-14)18(25)23-15-8-13(9-15)16-10-17(20-5-6-24)22-11-21-16/h3-4,7,10-11,13,15,24H,2,5-6,8-9H2,1H3,(H,23,25)(H,20,21,22). The number of hydrogen-bond acceptors (Lipinski definition) is 6. The van der Waals surface area contributed by atoms with E-state index in [4.69, 9.17) is 5.11 Å². The second kappa shape index (κ2) is 8.02. The first-order chi connectivity index (χ1) is 12.2.